The van der Waals surface area contributed by atoms with E-state index in [4.69, 9.17) is 5.11 Å². The average Bonchev–Trinajstić information content (AvgIpc) is 2.03. The van der Waals surface area contributed by atoms with E-state index in [1.54, 1.807) is 13.0 Å². The van der Waals surface area contributed by atoms with Crippen molar-refractivity contribution >= 4 is 5.97 Å². The predicted molar refractivity (Wildman–Crippen MR) is 42.1 cm³/mol. The molecule has 64 valence electrons. The fourth-order valence-electron chi connectivity index (χ4n) is 0.654. The van der Waals surface area contributed by atoms with E-state index in [1.165, 1.54) is 7.11 Å². The first-order chi connectivity index (χ1) is 5.22. The van der Waals surface area contributed by atoms with Crippen molar-refractivity contribution in [2.45, 2.75) is 19.8 Å². The van der Waals surface area contributed by atoms with Gasteiger partial charge in [0.2, 0.25) is 0 Å². The van der Waals surface area contributed by atoms with E-state index < -0.39 is 0 Å². The molecule has 0 heterocycles. The van der Waals surface area contributed by atoms with Crippen LogP contribution < -0.4 is 0 Å². The van der Waals surface area contributed by atoms with Crippen LogP contribution in [0.4, 0.5) is 0 Å². The highest BCUT2D eigenvalue weighted by atomic mass is 16.5. The van der Waals surface area contributed by atoms with E-state index in [0.29, 0.717) is 12.0 Å². The van der Waals surface area contributed by atoms with Crippen LogP contribution in [0.25, 0.3) is 0 Å². The average molecular weight is 158 g/mol. The summed E-state index contributed by atoms with van der Waals surface area (Å²) in [5.41, 5.74) is 0.598. The largest absolute Gasteiger partial charge is 0.466 e. The first-order valence-electron chi connectivity index (χ1n) is 3.58. The molecule has 0 saturated heterocycles. The van der Waals surface area contributed by atoms with E-state index in [1.807, 2.05) is 0 Å². The molecule has 0 unspecified atom stereocenters. The van der Waals surface area contributed by atoms with Gasteiger partial charge in [0.1, 0.15) is 0 Å². The molecule has 0 aliphatic rings. The molecule has 0 rings (SSSR count). The van der Waals surface area contributed by atoms with Gasteiger partial charge >= 0.3 is 5.97 Å². The molecule has 3 nitrogen and oxygen atoms in total. The molecule has 0 radical (unpaired) electrons. The molecule has 0 bridgehead atoms. The number of ether oxygens (including phenoxy) is 1. The van der Waals surface area contributed by atoms with Crippen LogP contribution >= 0.6 is 0 Å². The van der Waals surface area contributed by atoms with E-state index >= 15 is 0 Å². The van der Waals surface area contributed by atoms with Crippen molar-refractivity contribution in [3.63, 3.8) is 0 Å². The van der Waals surface area contributed by atoms with Gasteiger partial charge in [-0.1, -0.05) is 6.08 Å². The van der Waals surface area contributed by atoms with Crippen LogP contribution in [0.2, 0.25) is 0 Å². The summed E-state index contributed by atoms with van der Waals surface area (Å²) in [6.07, 6.45) is 3.17. The third-order valence-electron chi connectivity index (χ3n) is 1.32. The Hall–Kier alpha value is -0.830. The van der Waals surface area contributed by atoms with Gasteiger partial charge in [0.15, 0.2) is 0 Å². The lowest BCUT2D eigenvalue weighted by Gasteiger charge is -1.97. The number of esters is 1. The van der Waals surface area contributed by atoms with E-state index in [0.717, 1.165) is 6.42 Å². The molecule has 11 heavy (non-hydrogen) atoms. The highest BCUT2D eigenvalue weighted by Crippen LogP contribution is 1.99. The fourth-order valence-corrected chi connectivity index (χ4v) is 0.654. The summed E-state index contributed by atoms with van der Waals surface area (Å²) in [6, 6.07) is 0. The number of carbonyl (C=O) groups excluding carboxylic acids is 1. The summed E-state index contributed by atoms with van der Waals surface area (Å²) in [7, 11) is 1.35. The second-order valence-corrected chi connectivity index (χ2v) is 2.24. The summed E-state index contributed by atoms with van der Waals surface area (Å²) >= 11 is 0. The second kappa shape index (κ2) is 5.92. The minimum absolute atomic E-state index is 0.158. The van der Waals surface area contributed by atoms with Gasteiger partial charge in [0.05, 0.1) is 7.11 Å². The van der Waals surface area contributed by atoms with E-state index in [9.17, 15) is 4.79 Å². The topological polar surface area (TPSA) is 46.5 Å². The Bertz CT molecular complexity index is 149. The summed E-state index contributed by atoms with van der Waals surface area (Å²) in [6.45, 7) is 1.86. The standard InChI is InChI=1S/C8H14O3/c1-7(8(10)11-2)5-3-4-6-9/h5,9H,3-4,6H2,1-2H3/b7-5+. The number of rotatable bonds is 4. The molecule has 0 amide bonds. The molecule has 0 aliphatic heterocycles. The number of aliphatic hydroxyl groups is 1. The lowest BCUT2D eigenvalue weighted by atomic mass is 10.2. The molecule has 0 aromatic rings. The first-order valence-corrected chi connectivity index (χ1v) is 3.58. The minimum Gasteiger partial charge on any atom is -0.466 e. The Morgan fingerprint density at radius 2 is 2.27 bits per heavy atom. The SMILES string of the molecule is COC(=O)/C(C)=C/CCCO. The Labute approximate surface area is 66.7 Å². The summed E-state index contributed by atoms with van der Waals surface area (Å²) in [5, 5.41) is 8.43. The molecule has 0 aliphatic carbocycles. The molecular formula is C8H14O3. The van der Waals surface area contributed by atoms with Crippen LogP contribution in [0.3, 0.4) is 0 Å². The predicted octanol–water partition coefficient (Wildman–Crippen LogP) is 0.878. The normalized spacial score (nSPS) is 11.4. The Morgan fingerprint density at radius 3 is 2.73 bits per heavy atom. The van der Waals surface area contributed by atoms with Crippen LogP contribution in [0.5, 0.6) is 0 Å². The van der Waals surface area contributed by atoms with Gasteiger partial charge in [-0.2, -0.15) is 0 Å². The smallest absolute Gasteiger partial charge is 0.333 e. The molecule has 1 N–H and O–H groups in total. The zero-order valence-corrected chi connectivity index (χ0v) is 6.96. The quantitative estimate of drug-likeness (QED) is 0.375. The van der Waals surface area contributed by atoms with Crippen molar-refractivity contribution in [2.75, 3.05) is 13.7 Å². The number of unbranched alkanes of at least 4 members (excludes halogenated alkanes) is 1. The number of hydrogen-bond acceptors (Lipinski definition) is 3. The number of methoxy groups -OCH3 is 1. The van der Waals surface area contributed by atoms with E-state index in [-0.39, 0.29) is 12.6 Å². The number of carbonyl (C=O) groups is 1. The summed E-state index contributed by atoms with van der Waals surface area (Å²) in [4.78, 5) is 10.8. The van der Waals surface area contributed by atoms with Crippen molar-refractivity contribution in [3.05, 3.63) is 11.6 Å². The van der Waals surface area contributed by atoms with Crippen molar-refractivity contribution in [2.24, 2.45) is 0 Å². The van der Waals surface area contributed by atoms with Gasteiger partial charge in [-0.25, -0.2) is 4.79 Å². The van der Waals surface area contributed by atoms with Gasteiger partial charge < -0.3 is 9.84 Å². The van der Waals surface area contributed by atoms with Gasteiger partial charge in [0, 0.05) is 12.2 Å². The van der Waals surface area contributed by atoms with Gasteiger partial charge in [-0.15, -0.1) is 0 Å². The van der Waals surface area contributed by atoms with Gasteiger partial charge in [0.25, 0.3) is 0 Å². The number of aliphatic hydroxyl groups excluding tert-OH is 1. The Morgan fingerprint density at radius 1 is 1.64 bits per heavy atom. The number of allylic oxidation sites excluding steroid dienone is 1. The first kappa shape index (κ1) is 10.2. The third-order valence-corrected chi connectivity index (χ3v) is 1.32. The molecule has 0 fully saturated rings. The maximum Gasteiger partial charge on any atom is 0.333 e. The minimum atomic E-state index is -0.303. The zero-order chi connectivity index (χ0) is 8.69. The zero-order valence-electron chi connectivity index (χ0n) is 6.96. The van der Waals surface area contributed by atoms with Gasteiger partial charge in [-0.3, -0.25) is 0 Å². The molecule has 0 aromatic heterocycles. The molecule has 0 aromatic carbocycles. The van der Waals surface area contributed by atoms with Crippen molar-refractivity contribution in [3.8, 4) is 0 Å². The second-order valence-electron chi connectivity index (χ2n) is 2.24. The van der Waals surface area contributed by atoms with Crippen molar-refractivity contribution < 1.29 is 14.6 Å². The molecule has 0 atom stereocenters. The van der Waals surface area contributed by atoms with Crippen LogP contribution in [0.1, 0.15) is 19.8 Å². The van der Waals surface area contributed by atoms with Crippen LogP contribution in [-0.2, 0) is 9.53 Å². The fraction of sp³-hybridized carbons (Fsp3) is 0.625. The highest BCUT2D eigenvalue weighted by molar-refractivity contribution is 5.87. The summed E-state index contributed by atoms with van der Waals surface area (Å²) < 4.78 is 4.47. The molecular weight excluding hydrogens is 144 g/mol. The Balaban J connectivity index is 3.71. The lowest BCUT2D eigenvalue weighted by molar-refractivity contribution is -0.136. The third kappa shape index (κ3) is 4.56. The maximum atomic E-state index is 10.8. The molecule has 0 spiro atoms. The summed E-state index contributed by atoms with van der Waals surface area (Å²) in [5.74, 6) is -0.303. The molecule has 0 saturated carbocycles. The van der Waals surface area contributed by atoms with Crippen molar-refractivity contribution in [1.29, 1.82) is 0 Å². The molecule has 3 heteroatoms. The van der Waals surface area contributed by atoms with Crippen LogP contribution in [0, 0.1) is 0 Å². The van der Waals surface area contributed by atoms with Gasteiger partial charge in [-0.05, 0) is 19.8 Å². The monoisotopic (exact) mass is 158 g/mol. The van der Waals surface area contributed by atoms with E-state index in [2.05, 4.69) is 4.74 Å². The highest BCUT2D eigenvalue weighted by Gasteiger charge is 2.00. The van der Waals surface area contributed by atoms with Crippen molar-refractivity contribution in [1.82, 2.24) is 0 Å². The van der Waals surface area contributed by atoms with Crippen LogP contribution in [0.15, 0.2) is 11.6 Å². The number of hydrogen-bond donors (Lipinski definition) is 1. The van der Waals surface area contributed by atoms with Crippen LogP contribution in [-0.4, -0.2) is 24.8 Å². The Kier molecular flexibility index (Phi) is 5.47. The lowest BCUT2D eigenvalue weighted by Crippen LogP contribution is -2.01. The maximum absolute atomic E-state index is 10.8.